The maximum absolute atomic E-state index is 12.9. The molecule has 0 aromatic carbocycles. The number of nitrogens with one attached hydrogen (secondary N) is 1. The molecule has 0 unspecified atom stereocenters. The molecule has 2 aliphatic rings. The van der Waals surface area contributed by atoms with Gasteiger partial charge in [0, 0.05) is 64.4 Å². The van der Waals surface area contributed by atoms with Crippen LogP contribution in [-0.2, 0) is 0 Å². The lowest BCUT2D eigenvalue weighted by Gasteiger charge is -2.36. The van der Waals surface area contributed by atoms with Crippen molar-refractivity contribution >= 4 is 34.4 Å². The van der Waals surface area contributed by atoms with Crippen molar-refractivity contribution < 1.29 is 4.79 Å². The molecule has 2 fully saturated rings. The van der Waals surface area contributed by atoms with E-state index in [-0.39, 0.29) is 5.91 Å². The number of fused-ring (bicyclic) bond motifs is 1. The predicted molar refractivity (Wildman–Crippen MR) is 144 cm³/mol. The van der Waals surface area contributed by atoms with Gasteiger partial charge in [0.25, 0.3) is 5.91 Å². The molecule has 1 N–H and O–H groups in total. The van der Waals surface area contributed by atoms with Gasteiger partial charge in [-0.05, 0) is 37.0 Å². The Morgan fingerprint density at radius 2 is 1.83 bits per heavy atom. The van der Waals surface area contributed by atoms with E-state index >= 15 is 0 Å². The molecule has 3 aromatic rings. The van der Waals surface area contributed by atoms with E-state index in [0.29, 0.717) is 29.4 Å². The maximum Gasteiger partial charge on any atom is 0.270 e. The first-order valence-electron chi connectivity index (χ1n) is 13.2. The van der Waals surface area contributed by atoms with Crippen molar-refractivity contribution in [3.8, 4) is 0 Å². The minimum Gasteiger partial charge on any atom is -0.368 e. The second-order valence-corrected chi connectivity index (χ2v) is 10.7. The first-order valence-corrected chi connectivity index (χ1v) is 13.2. The molecule has 1 amide bonds. The van der Waals surface area contributed by atoms with Gasteiger partial charge in [-0.15, -0.1) is 0 Å². The van der Waals surface area contributed by atoms with E-state index in [1.54, 1.807) is 25.2 Å². The Bertz CT molecular complexity index is 1190. The Hall–Kier alpha value is -3.20. The maximum atomic E-state index is 12.9. The summed E-state index contributed by atoms with van der Waals surface area (Å²) in [5, 5.41) is 4.15. The van der Waals surface area contributed by atoms with E-state index in [1.807, 2.05) is 18.3 Å². The number of piperazine rings is 1. The second kappa shape index (κ2) is 10.4. The van der Waals surface area contributed by atoms with Crippen LogP contribution in [0.25, 0.3) is 11.0 Å². The number of hydrogen-bond acceptors (Lipinski definition) is 7. The zero-order valence-corrected chi connectivity index (χ0v) is 21.9. The minimum absolute atomic E-state index is 0.00305. The summed E-state index contributed by atoms with van der Waals surface area (Å²) in [6, 6.07) is 6.32. The molecular weight excluding hydrogens is 452 g/mol. The predicted octanol–water partition coefficient (Wildman–Crippen LogP) is 4.16. The van der Waals surface area contributed by atoms with Crippen LogP contribution in [-0.4, -0.2) is 82.0 Å². The van der Waals surface area contributed by atoms with Crippen LogP contribution in [0, 0.1) is 5.92 Å². The molecule has 0 radical (unpaired) electrons. The Labute approximate surface area is 213 Å². The van der Waals surface area contributed by atoms with Crippen molar-refractivity contribution in [2.75, 3.05) is 57.0 Å². The van der Waals surface area contributed by atoms with E-state index in [4.69, 9.17) is 4.98 Å². The summed E-state index contributed by atoms with van der Waals surface area (Å²) in [4.78, 5) is 33.5. The van der Waals surface area contributed by atoms with E-state index in [9.17, 15) is 4.79 Å². The average Bonchev–Trinajstić information content (AvgIpc) is 3.52. The fourth-order valence-electron chi connectivity index (χ4n) is 5.46. The molecule has 1 aliphatic carbocycles. The summed E-state index contributed by atoms with van der Waals surface area (Å²) in [6.45, 7) is 9.93. The first-order chi connectivity index (χ1) is 17.4. The van der Waals surface area contributed by atoms with Crippen LogP contribution in [0.4, 0.5) is 17.5 Å². The number of carbonyl (C=O) groups excluding carboxylic acids is 1. The summed E-state index contributed by atoms with van der Waals surface area (Å²) < 4.78 is 2.13. The number of hydrogen-bond donors (Lipinski definition) is 1. The van der Waals surface area contributed by atoms with Crippen molar-refractivity contribution in [3.05, 3.63) is 36.3 Å². The third-order valence-corrected chi connectivity index (χ3v) is 7.24. The van der Waals surface area contributed by atoms with E-state index in [2.05, 4.69) is 49.6 Å². The standard InChI is InChI=1S/C27H38N8O/c1-19(2)18-33-11-13-34(14-12-33)22-9-10-24(28-17-22)30-27-29-16-20-15-23(26(36)32(3)4)35(25(20)31-27)21-7-5-6-8-21/h9-10,15-17,19,21H,5-8,11-14,18H2,1-4H3,(H,28,29,30,31). The molecule has 4 heterocycles. The SMILES string of the molecule is CC(C)CN1CCN(c2ccc(Nc3ncc4cc(C(=O)N(C)C)n(C5CCCC5)c4n3)nc2)CC1. The highest BCUT2D eigenvalue weighted by Gasteiger charge is 2.26. The van der Waals surface area contributed by atoms with Crippen molar-refractivity contribution in [2.45, 2.75) is 45.6 Å². The quantitative estimate of drug-likeness (QED) is 0.532. The molecular formula is C27H38N8O. The molecule has 1 aliphatic heterocycles. The van der Waals surface area contributed by atoms with Crippen LogP contribution < -0.4 is 10.2 Å². The Kier molecular flexibility index (Phi) is 7.09. The number of rotatable bonds is 7. The molecule has 3 aromatic heterocycles. The van der Waals surface area contributed by atoms with Gasteiger partial charge in [-0.2, -0.15) is 4.98 Å². The largest absolute Gasteiger partial charge is 0.368 e. The molecule has 1 saturated carbocycles. The smallest absolute Gasteiger partial charge is 0.270 e. The molecule has 5 rings (SSSR count). The molecule has 0 spiro atoms. The van der Waals surface area contributed by atoms with Gasteiger partial charge in [-0.1, -0.05) is 26.7 Å². The van der Waals surface area contributed by atoms with Gasteiger partial charge < -0.3 is 19.7 Å². The van der Waals surface area contributed by atoms with Gasteiger partial charge in [0.1, 0.15) is 17.2 Å². The summed E-state index contributed by atoms with van der Waals surface area (Å²) in [5.41, 5.74) is 2.63. The highest BCUT2D eigenvalue weighted by atomic mass is 16.2. The third-order valence-electron chi connectivity index (χ3n) is 7.24. The fourth-order valence-corrected chi connectivity index (χ4v) is 5.46. The number of amides is 1. The third kappa shape index (κ3) is 5.16. The lowest BCUT2D eigenvalue weighted by Crippen LogP contribution is -2.47. The number of aromatic nitrogens is 4. The highest BCUT2D eigenvalue weighted by Crippen LogP contribution is 2.35. The molecule has 36 heavy (non-hydrogen) atoms. The molecule has 9 nitrogen and oxygen atoms in total. The summed E-state index contributed by atoms with van der Waals surface area (Å²) >= 11 is 0. The van der Waals surface area contributed by atoms with Crippen molar-refractivity contribution in [1.82, 2.24) is 29.3 Å². The van der Waals surface area contributed by atoms with Gasteiger partial charge in [0.15, 0.2) is 0 Å². The van der Waals surface area contributed by atoms with Crippen molar-refractivity contribution in [3.63, 3.8) is 0 Å². The Morgan fingerprint density at radius 1 is 1.08 bits per heavy atom. The monoisotopic (exact) mass is 490 g/mol. The van der Waals surface area contributed by atoms with Crippen molar-refractivity contribution in [1.29, 1.82) is 0 Å². The van der Waals surface area contributed by atoms with Gasteiger partial charge in [0.05, 0.1) is 11.9 Å². The average molecular weight is 491 g/mol. The summed E-state index contributed by atoms with van der Waals surface area (Å²) in [6.07, 6.45) is 8.22. The van der Waals surface area contributed by atoms with Gasteiger partial charge in [-0.25, -0.2) is 9.97 Å². The first kappa shape index (κ1) is 24.5. The number of anilines is 3. The molecule has 0 atom stereocenters. The van der Waals surface area contributed by atoms with Crippen LogP contribution in [0.1, 0.15) is 56.1 Å². The van der Waals surface area contributed by atoms with Crippen LogP contribution in [0.15, 0.2) is 30.6 Å². The summed E-state index contributed by atoms with van der Waals surface area (Å²) in [7, 11) is 3.58. The highest BCUT2D eigenvalue weighted by molar-refractivity contribution is 5.97. The lowest BCUT2D eigenvalue weighted by atomic mass is 10.2. The van der Waals surface area contributed by atoms with Crippen molar-refractivity contribution in [2.24, 2.45) is 5.92 Å². The van der Waals surface area contributed by atoms with Gasteiger partial charge >= 0.3 is 0 Å². The van der Waals surface area contributed by atoms with Crippen LogP contribution in [0.2, 0.25) is 0 Å². The molecule has 192 valence electrons. The molecule has 0 bridgehead atoms. The van der Waals surface area contributed by atoms with E-state index in [1.165, 1.54) is 12.8 Å². The van der Waals surface area contributed by atoms with Crippen LogP contribution in [0.3, 0.4) is 0 Å². The zero-order chi connectivity index (χ0) is 25.2. The minimum atomic E-state index is -0.00305. The topological polar surface area (TPSA) is 82.4 Å². The molecule has 1 saturated heterocycles. The fraction of sp³-hybridized carbons (Fsp3) is 0.556. The lowest BCUT2D eigenvalue weighted by molar-refractivity contribution is 0.0815. The number of nitrogens with zero attached hydrogens (tertiary/aromatic N) is 7. The number of pyridine rings is 1. The Morgan fingerprint density at radius 3 is 2.47 bits per heavy atom. The van der Waals surface area contributed by atoms with Gasteiger partial charge in [0.2, 0.25) is 5.95 Å². The second-order valence-electron chi connectivity index (χ2n) is 10.7. The van der Waals surface area contributed by atoms with E-state index in [0.717, 1.165) is 62.3 Å². The van der Waals surface area contributed by atoms with E-state index < -0.39 is 0 Å². The Balaban J connectivity index is 1.33. The normalized spacial score (nSPS) is 17.3. The zero-order valence-electron chi connectivity index (χ0n) is 21.9. The van der Waals surface area contributed by atoms with Crippen LogP contribution >= 0.6 is 0 Å². The number of carbonyl (C=O) groups is 1. The summed E-state index contributed by atoms with van der Waals surface area (Å²) in [5.74, 6) is 1.90. The van der Waals surface area contributed by atoms with Crippen LogP contribution in [0.5, 0.6) is 0 Å². The molecule has 9 heteroatoms. The van der Waals surface area contributed by atoms with Gasteiger partial charge in [-0.3, -0.25) is 9.69 Å².